The second-order valence-corrected chi connectivity index (χ2v) is 6.64. The Labute approximate surface area is 168 Å². The van der Waals surface area contributed by atoms with Crippen LogP contribution >= 0.6 is 0 Å². The number of hydrogen-bond donors (Lipinski definition) is 1. The van der Waals surface area contributed by atoms with Gasteiger partial charge in [-0.3, -0.25) is 4.79 Å². The molecule has 0 bridgehead atoms. The number of nitrogens with one attached hydrogen (secondary N) is 1. The largest absolute Gasteiger partial charge is 0.493 e. The van der Waals surface area contributed by atoms with Gasteiger partial charge in [0.1, 0.15) is 5.75 Å². The number of ether oxygens (including phenoxy) is 3. The first-order chi connectivity index (χ1) is 13.6. The highest BCUT2D eigenvalue weighted by molar-refractivity contribution is 5.81. The molecule has 0 saturated heterocycles. The molecule has 0 aliphatic carbocycles. The van der Waals surface area contributed by atoms with Crippen molar-refractivity contribution in [2.45, 2.75) is 46.1 Å². The number of carbonyl (C=O) groups excluding carboxylic acids is 1. The first-order valence-electron chi connectivity index (χ1n) is 9.88. The molecule has 0 heterocycles. The normalized spacial score (nSPS) is 11.6. The maximum Gasteiger partial charge on any atom is 0.261 e. The van der Waals surface area contributed by atoms with E-state index in [9.17, 15) is 4.79 Å². The fourth-order valence-corrected chi connectivity index (χ4v) is 2.94. The Bertz CT molecular complexity index is 760. The summed E-state index contributed by atoms with van der Waals surface area (Å²) in [6.45, 7) is 7.10. The van der Waals surface area contributed by atoms with Crippen molar-refractivity contribution in [2.75, 3.05) is 20.3 Å². The number of aryl methyl sites for hydroxylation is 2. The van der Waals surface area contributed by atoms with Crippen LogP contribution in [0.15, 0.2) is 42.5 Å². The minimum absolute atomic E-state index is 0.0757. The minimum atomic E-state index is -0.479. The highest BCUT2D eigenvalue weighted by Gasteiger charge is 2.17. The fraction of sp³-hybridized carbons (Fsp3) is 0.435. The summed E-state index contributed by atoms with van der Waals surface area (Å²) in [4.78, 5) is 12.4. The third kappa shape index (κ3) is 6.48. The van der Waals surface area contributed by atoms with E-state index in [0.717, 1.165) is 41.2 Å². The lowest BCUT2D eigenvalue weighted by atomic mass is 10.1. The first kappa shape index (κ1) is 21.6. The van der Waals surface area contributed by atoms with Crippen molar-refractivity contribution in [3.8, 4) is 17.2 Å². The summed E-state index contributed by atoms with van der Waals surface area (Å²) in [5.74, 6) is 2.14. The van der Waals surface area contributed by atoms with Gasteiger partial charge in [-0.05, 0) is 68.5 Å². The molecule has 2 rings (SSSR count). The number of hydrogen-bond acceptors (Lipinski definition) is 4. The summed E-state index contributed by atoms with van der Waals surface area (Å²) in [5, 5.41) is 2.98. The predicted molar refractivity (Wildman–Crippen MR) is 111 cm³/mol. The second-order valence-electron chi connectivity index (χ2n) is 6.64. The molecule has 1 atom stereocenters. The van der Waals surface area contributed by atoms with Crippen molar-refractivity contribution in [2.24, 2.45) is 0 Å². The van der Waals surface area contributed by atoms with Crippen LogP contribution in [0, 0.1) is 6.92 Å². The molecule has 0 aliphatic rings. The molecule has 28 heavy (non-hydrogen) atoms. The molecule has 5 nitrogen and oxygen atoms in total. The van der Waals surface area contributed by atoms with Crippen molar-refractivity contribution < 1.29 is 19.0 Å². The van der Waals surface area contributed by atoms with Gasteiger partial charge in [0, 0.05) is 6.54 Å². The molecular formula is C23H31NO4. The van der Waals surface area contributed by atoms with Crippen molar-refractivity contribution in [1.82, 2.24) is 5.32 Å². The number of methoxy groups -OCH3 is 1. The van der Waals surface area contributed by atoms with Gasteiger partial charge in [-0.1, -0.05) is 25.1 Å². The third-order valence-corrected chi connectivity index (χ3v) is 4.40. The SMILES string of the molecule is CCOc1ccc(CCCNC(=O)[C@@H](CC)Oc2cccc(C)c2)cc1OC. The standard InChI is InChI=1S/C23H31NO4/c1-5-20(28-19-11-7-9-17(3)15-19)23(25)24-14-8-10-18-12-13-21(27-6-2)22(16-18)26-4/h7,9,11-13,15-16,20H,5-6,8,10,14H2,1-4H3,(H,24,25)/t20-/m1/s1. The van der Waals surface area contributed by atoms with Crippen LogP contribution in [0.25, 0.3) is 0 Å². The van der Waals surface area contributed by atoms with E-state index in [1.54, 1.807) is 7.11 Å². The number of amides is 1. The highest BCUT2D eigenvalue weighted by Crippen LogP contribution is 2.28. The van der Waals surface area contributed by atoms with Gasteiger partial charge in [0.25, 0.3) is 5.91 Å². The molecule has 0 saturated carbocycles. The molecule has 0 unspecified atom stereocenters. The first-order valence-corrected chi connectivity index (χ1v) is 9.88. The van der Waals surface area contributed by atoms with Gasteiger partial charge in [0.2, 0.25) is 0 Å². The minimum Gasteiger partial charge on any atom is -0.493 e. The molecule has 5 heteroatoms. The fourth-order valence-electron chi connectivity index (χ4n) is 2.94. The van der Waals surface area contributed by atoms with Crippen LogP contribution < -0.4 is 19.5 Å². The topological polar surface area (TPSA) is 56.8 Å². The summed E-state index contributed by atoms with van der Waals surface area (Å²) in [6, 6.07) is 13.7. The summed E-state index contributed by atoms with van der Waals surface area (Å²) < 4.78 is 16.8. The van der Waals surface area contributed by atoms with E-state index in [0.29, 0.717) is 19.6 Å². The number of carbonyl (C=O) groups is 1. The lowest BCUT2D eigenvalue weighted by Gasteiger charge is -2.17. The number of rotatable bonds is 11. The Hall–Kier alpha value is -2.69. The maximum absolute atomic E-state index is 12.4. The van der Waals surface area contributed by atoms with Crippen molar-refractivity contribution in [1.29, 1.82) is 0 Å². The maximum atomic E-state index is 12.4. The molecule has 1 amide bonds. The van der Waals surface area contributed by atoms with Crippen LogP contribution in [-0.2, 0) is 11.2 Å². The van der Waals surface area contributed by atoms with Gasteiger partial charge in [-0.2, -0.15) is 0 Å². The molecule has 0 radical (unpaired) electrons. The Morgan fingerprint density at radius 3 is 2.61 bits per heavy atom. The molecule has 0 spiro atoms. The van der Waals surface area contributed by atoms with Crippen LogP contribution in [0.4, 0.5) is 0 Å². The molecule has 0 aromatic heterocycles. The summed E-state index contributed by atoms with van der Waals surface area (Å²) in [7, 11) is 1.64. The molecule has 2 aromatic rings. The summed E-state index contributed by atoms with van der Waals surface area (Å²) >= 11 is 0. The van der Waals surface area contributed by atoms with E-state index >= 15 is 0 Å². The van der Waals surface area contributed by atoms with Gasteiger partial charge < -0.3 is 19.5 Å². The predicted octanol–water partition coefficient (Wildman–Crippen LogP) is 4.31. The van der Waals surface area contributed by atoms with Crippen LogP contribution in [0.5, 0.6) is 17.2 Å². The molecule has 2 aromatic carbocycles. The molecule has 1 N–H and O–H groups in total. The number of benzene rings is 2. The van der Waals surface area contributed by atoms with Crippen molar-refractivity contribution >= 4 is 5.91 Å². The van der Waals surface area contributed by atoms with Crippen LogP contribution in [-0.4, -0.2) is 32.3 Å². The Balaban J connectivity index is 1.81. The summed E-state index contributed by atoms with van der Waals surface area (Å²) in [6.07, 6.45) is 1.82. The zero-order valence-electron chi connectivity index (χ0n) is 17.3. The Morgan fingerprint density at radius 2 is 1.93 bits per heavy atom. The van der Waals surface area contributed by atoms with Crippen LogP contribution in [0.3, 0.4) is 0 Å². The van der Waals surface area contributed by atoms with Gasteiger partial charge in [-0.15, -0.1) is 0 Å². The smallest absolute Gasteiger partial charge is 0.261 e. The molecule has 0 fully saturated rings. The van der Waals surface area contributed by atoms with E-state index in [2.05, 4.69) is 5.32 Å². The lowest BCUT2D eigenvalue weighted by Crippen LogP contribution is -2.38. The average Bonchev–Trinajstić information content (AvgIpc) is 2.70. The van der Waals surface area contributed by atoms with Gasteiger partial charge in [0.15, 0.2) is 17.6 Å². The van der Waals surface area contributed by atoms with Gasteiger partial charge in [0.05, 0.1) is 13.7 Å². The van der Waals surface area contributed by atoms with E-state index < -0.39 is 6.10 Å². The second kappa shape index (κ2) is 11.2. The van der Waals surface area contributed by atoms with E-state index in [1.165, 1.54) is 0 Å². The van der Waals surface area contributed by atoms with Crippen molar-refractivity contribution in [3.63, 3.8) is 0 Å². The molecule has 0 aliphatic heterocycles. The van der Waals surface area contributed by atoms with Crippen LogP contribution in [0.1, 0.15) is 37.8 Å². The average molecular weight is 386 g/mol. The van der Waals surface area contributed by atoms with Crippen molar-refractivity contribution in [3.05, 3.63) is 53.6 Å². The monoisotopic (exact) mass is 385 g/mol. The molecule has 152 valence electrons. The Kier molecular flexibility index (Phi) is 8.66. The summed E-state index contributed by atoms with van der Waals surface area (Å²) in [5.41, 5.74) is 2.26. The zero-order valence-corrected chi connectivity index (χ0v) is 17.3. The highest BCUT2D eigenvalue weighted by atomic mass is 16.5. The quantitative estimate of drug-likeness (QED) is 0.586. The van der Waals surface area contributed by atoms with Gasteiger partial charge in [-0.25, -0.2) is 0 Å². The zero-order chi connectivity index (χ0) is 20.4. The van der Waals surface area contributed by atoms with E-state index in [1.807, 2.05) is 63.2 Å². The Morgan fingerprint density at radius 1 is 1.11 bits per heavy atom. The molecular weight excluding hydrogens is 354 g/mol. The van der Waals surface area contributed by atoms with Gasteiger partial charge >= 0.3 is 0 Å². The van der Waals surface area contributed by atoms with E-state index in [4.69, 9.17) is 14.2 Å². The van der Waals surface area contributed by atoms with Crippen LogP contribution in [0.2, 0.25) is 0 Å². The van der Waals surface area contributed by atoms with E-state index in [-0.39, 0.29) is 5.91 Å². The lowest BCUT2D eigenvalue weighted by molar-refractivity contribution is -0.128. The third-order valence-electron chi connectivity index (χ3n) is 4.40.